The van der Waals surface area contributed by atoms with Crippen LogP contribution in [0.1, 0.15) is 50.7 Å². The fourth-order valence-electron chi connectivity index (χ4n) is 4.84. The maximum absolute atomic E-state index is 13.1. The van der Waals surface area contributed by atoms with Crippen molar-refractivity contribution >= 4 is 28.1 Å². The van der Waals surface area contributed by atoms with Crippen molar-refractivity contribution in [1.82, 2.24) is 30.0 Å². The van der Waals surface area contributed by atoms with E-state index in [1.54, 1.807) is 11.3 Å². The molecular weight excluding hydrogens is 444 g/mol. The number of thiazole rings is 1. The maximum Gasteiger partial charge on any atom is 0.272 e. The Hall–Kier alpha value is -3.10. The molecule has 0 bridgehead atoms. The molecule has 174 valence electrons. The monoisotopic (exact) mass is 472 g/mol. The summed E-state index contributed by atoms with van der Waals surface area (Å²) in [5.41, 5.74) is 8.18. The number of aromatic nitrogens is 4. The van der Waals surface area contributed by atoms with Crippen molar-refractivity contribution in [2.75, 3.05) is 6.54 Å². The minimum absolute atomic E-state index is 0.0253. The molecule has 0 saturated heterocycles. The molecule has 2 aliphatic rings. The van der Waals surface area contributed by atoms with E-state index < -0.39 is 0 Å². The number of rotatable bonds is 7. The van der Waals surface area contributed by atoms with E-state index in [2.05, 4.69) is 56.1 Å². The molecule has 1 fully saturated rings. The summed E-state index contributed by atoms with van der Waals surface area (Å²) in [7, 11) is 0. The summed E-state index contributed by atoms with van der Waals surface area (Å²) >= 11 is 1.69. The van der Waals surface area contributed by atoms with Crippen LogP contribution in [-0.2, 0) is 32.5 Å². The fourth-order valence-corrected chi connectivity index (χ4v) is 5.61. The average Bonchev–Trinajstić information content (AvgIpc) is 3.45. The van der Waals surface area contributed by atoms with Gasteiger partial charge in [0.1, 0.15) is 0 Å². The predicted molar refractivity (Wildman–Crippen MR) is 133 cm³/mol. The number of amides is 1. The Morgan fingerprint density at radius 1 is 1.21 bits per heavy atom. The number of aryl methyl sites for hydroxylation is 3. The molecule has 8 heteroatoms. The summed E-state index contributed by atoms with van der Waals surface area (Å²) in [4.78, 5) is 25.7. The van der Waals surface area contributed by atoms with Gasteiger partial charge in [-0.1, -0.05) is 18.2 Å². The van der Waals surface area contributed by atoms with Gasteiger partial charge in [-0.05, 0) is 37.5 Å². The zero-order chi connectivity index (χ0) is 23.1. The lowest BCUT2D eigenvalue weighted by Crippen LogP contribution is -2.33. The summed E-state index contributed by atoms with van der Waals surface area (Å²) in [6.45, 7) is 5.34. The lowest BCUT2D eigenvalue weighted by Gasteiger charge is -2.28. The minimum atomic E-state index is -0.0253. The van der Waals surface area contributed by atoms with Crippen LogP contribution >= 0.6 is 11.3 Å². The van der Waals surface area contributed by atoms with E-state index in [1.165, 1.54) is 21.5 Å². The van der Waals surface area contributed by atoms with E-state index in [4.69, 9.17) is 5.10 Å². The molecule has 7 nitrogen and oxygen atoms in total. The van der Waals surface area contributed by atoms with E-state index in [0.29, 0.717) is 11.7 Å². The standard InChI is InChI=1S/C26H28N6OS/c1-17-24(34-16-28-17)10-13-32-23-9-12-31(14-18-8-11-27-22-5-3-2-4-20(18)22)15-21(23)25(30-32)26(33)29-19-6-7-19/h2-5,8,11,16,19H,6-7,9-10,12-15H2,1H3,(H,29,33). The molecule has 1 saturated carbocycles. The van der Waals surface area contributed by atoms with Crippen LogP contribution < -0.4 is 5.32 Å². The van der Waals surface area contributed by atoms with Crippen molar-refractivity contribution in [2.24, 2.45) is 0 Å². The Balaban J connectivity index is 1.27. The first-order valence-electron chi connectivity index (χ1n) is 12.0. The second-order valence-corrected chi connectivity index (χ2v) is 10.2. The topological polar surface area (TPSA) is 75.9 Å². The molecule has 1 aliphatic heterocycles. The number of nitrogens with zero attached hydrogens (tertiary/aromatic N) is 5. The Morgan fingerprint density at radius 2 is 2.09 bits per heavy atom. The van der Waals surface area contributed by atoms with Gasteiger partial charge in [0.05, 0.1) is 16.7 Å². The van der Waals surface area contributed by atoms with Gasteiger partial charge in [-0.3, -0.25) is 19.4 Å². The van der Waals surface area contributed by atoms with E-state index in [-0.39, 0.29) is 5.91 Å². The van der Waals surface area contributed by atoms with Crippen molar-refractivity contribution < 1.29 is 4.79 Å². The van der Waals surface area contributed by atoms with Gasteiger partial charge in [-0.25, -0.2) is 4.98 Å². The first-order chi connectivity index (χ1) is 16.7. The van der Waals surface area contributed by atoms with Crippen molar-refractivity contribution in [1.29, 1.82) is 0 Å². The molecule has 3 aromatic heterocycles. The number of carbonyl (C=O) groups is 1. The normalized spacial score (nSPS) is 16.0. The van der Waals surface area contributed by atoms with Crippen LogP contribution in [0.3, 0.4) is 0 Å². The highest BCUT2D eigenvalue weighted by molar-refractivity contribution is 7.09. The number of hydrogen-bond acceptors (Lipinski definition) is 6. The predicted octanol–water partition coefficient (Wildman–Crippen LogP) is 3.89. The zero-order valence-electron chi connectivity index (χ0n) is 19.3. The summed E-state index contributed by atoms with van der Waals surface area (Å²) in [5.74, 6) is -0.0253. The molecule has 0 unspecified atom stereocenters. The minimum Gasteiger partial charge on any atom is -0.348 e. The van der Waals surface area contributed by atoms with Crippen LogP contribution in [0.4, 0.5) is 0 Å². The quantitative estimate of drug-likeness (QED) is 0.442. The molecule has 1 N–H and O–H groups in total. The smallest absolute Gasteiger partial charge is 0.272 e. The van der Waals surface area contributed by atoms with Gasteiger partial charge >= 0.3 is 0 Å². The SMILES string of the molecule is Cc1ncsc1CCn1nc(C(=O)NC2CC2)c2c1CCN(Cc1ccnc3ccccc13)C2. The summed E-state index contributed by atoms with van der Waals surface area (Å²) < 4.78 is 2.08. The first kappa shape index (κ1) is 21.4. The highest BCUT2D eigenvalue weighted by Gasteiger charge is 2.31. The van der Waals surface area contributed by atoms with Gasteiger partial charge < -0.3 is 5.32 Å². The number of fused-ring (bicyclic) bond motifs is 2. The lowest BCUT2D eigenvalue weighted by atomic mass is 10.0. The van der Waals surface area contributed by atoms with Crippen LogP contribution in [0.5, 0.6) is 0 Å². The number of nitrogens with one attached hydrogen (secondary N) is 1. The number of para-hydroxylation sites is 1. The zero-order valence-corrected chi connectivity index (χ0v) is 20.1. The molecule has 1 aliphatic carbocycles. The second-order valence-electron chi connectivity index (χ2n) is 9.30. The molecule has 1 amide bonds. The van der Waals surface area contributed by atoms with Crippen LogP contribution in [0.15, 0.2) is 42.0 Å². The third kappa shape index (κ3) is 4.23. The van der Waals surface area contributed by atoms with Crippen LogP contribution in [0.2, 0.25) is 0 Å². The van der Waals surface area contributed by atoms with Gasteiger partial charge in [-0.15, -0.1) is 11.3 Å². The lowest BCUT2D eigenvalue weighted by molar-refractivity contribution is 0.0943. The van der Waals surface area contributed by atoms with E-state index in [0.717, 1.165) is 68.6 Å². The van der Waals surface area contributed by atoms with E-state index in [1.807, 2.05) is 17.8 Å². The Kier molecular flexibility index (Phi) is 5.63. The van der Waals surface area contributed by atoms with Crippen LogP contribution in [-0.4, -0.2) is 43.1 Å². The van der Waals surface area contributed by atoms with Gasteiger partial charge in [-0.2, -0.15) is 5.10 Å². The Labute approximate surface area is 202 Å². The summed E-state index contributed by atoms with van der Waals surface area (Å²) in [6.07, 6.45) is 5.81. The molecular formula is C26H28N6OS. The van der Waals surface area contributed by atoms with Gasteiger partial charge in [0.15, 0.2) is 5.69 Å². The molecule has 6 rings (SSSR count). The fraction of sp³-hybridized carbons (Fsp3) is 0.385. The summed E-state index contributed by atoms with van der Waals surface area (Å²) in [6, 6.07) is 10.7. The molecule has 0 atom stereocenters. The average molecular weight is 473 g/mol. The number of hydrogen-bond donors (Lipinski definition) is 1. The van der Waals surface area contributed by atoms with Gasteiger partial charge in [0.2, 0.25) is 0 Å². The molecule has 1 aromatic carbocycles. The van der Waals surface area contributed by atoms with Crippen molar-refractivity contribution in [3.8, 4) is 0 Å². The number of benzene rings is 1. The number of pyridine rings is 1. The van der Waals surface area contributed by atoms with Crippen LogP contribution in [0, 0.1) is 6.92 Å². The summed E-state index contributed by atoms with van der Waals surface area (Å²) in [5, 5.41) is 9.19. The third-order valence-corrected chi connectivity index (χ3v) is 7.86. The highest BCUT2D eigenvalue weighted by Crippen LogP contribution is 2.27. The largest absolute Gasteiger partial charge is 0.348 e. The van der Waals surface area contributed by atoms with Crippen molar-refractivity contribution in [3.63, 3.8) is 0 Å². The van der Waals surface area contributed by atoms with Crippen molar-refractivity contribution in [2.45, 2.75) is 58.3 Å². The highest BCUT2D eigenvalue weighted by atomic mass is 32.1. The first-order valence-corrected chi connectivity index (χ1v) is 12.9. The molecule has 34 heavy (non-hydrogen) atoms. The molecule has 4 heterocycles. The molecule has 0 spiro atoms. The number of carbonyl (C=O) groups excluding carboxylic acids is 1. The van der Waals surface area contributed by atoms with E-state index in [9.17, 15) is 4.79 Å². The second kappa shape index (κ2) is 8.92. The Morgan fingerprint density at radius 3 is 2.91 bits per heavy atom. The van der Waals surface area contributed by atoms with Gasteiger partial charge in [0, 0.05) is 72.8 Å². The van der Waals surface area contributed by atoms with Crippen molar-refractivity contribution in [3.05, 3.63) is 75.1 Å². The maximum atomic E-state index is 13.1. The van der Waals surface area contributed by atoms with E-state index >= 15 is 0 Å². The Bertz CT molecular complexity index is 1350. The van der Waals surface area contributed by atoms with Gasteiger partial charge in [0.25, 0.3) is 5.91 Å². The van der Waals surface area contributed by atoms with Crippen LogP contribution in [0.25, 0.3) is 10.9 Å². The third-order valence-electron chi connectivity index (χ3n) is 6.87. The molecule has 4 aromatic rings. The molecule has 0 radical (unpaired) electrons.